The van der Waals surface area contributed by atoms with Crippen molar-refractivity contribution in [3.8, 4) is 0 Å². The number of benzene rings is 1. The molecule has 0 fully saturated rings. The van der Waals surface area contributed by atoms with Crippen molar-refractivity contribution in [1.29, 1.82) is 0 Å². The number of urea groups is 1. The average Bonchev–Trinajstić information content (AvgIpc) is 2.19. The minimum absolute atomic E-state index is 0.399. The van der Waals surface area contributed by atoms with Gasteiger partial charge in [-0.2, -0.15) is 0 Å². The van der Waals surface area contributed by atoms with Gasteiger partial charge in [0.2, 0.25) is 0 Å². The van der Waals surface area contributed by atoms with Crippen LogP contribution in [0.3, 0.4) is 0 Å². The van der Waals surface area contributed by atoms with Crippen LogP contribution in [0.1, 0.15) is 0 Å². The zero-order valence-corrected chi connectivity index (χ0v) is 12.4. The van der Waals surface area contributed by atoms with Gasteiger partial charge in [0.15, 0.2) is 0 Å². The summed E-state index contributed by atoms with van der Waals surface area (Å²) in [4.78, 5) is 11.7. The van der Waals surface area contributed by atoms with Crippen molar-refractivity contribution in [1.82, 2.24) is 4.31 Å². The number of nitrogens with zero attached hydrogens (tertiary/aromatic N) is 1. The largest absolute Gasteiger partial charge is 0.331 e. The van der Waals surface area contributed by atoms with Crippen molar-refractivity contribution in [2.75, 3.05) is 12.4 Å². The second-order valence-electron chi connectivity index (χ2n) is 2.97. The van der Waals surface area contributed by atoms with Gasteiger partial charge in [0.05, 0.1) is 0 Å². The molecule has 1 rings (SSSR count). The highest BCUT2D eigenvalue weighted by Crippen LogP contribution is 2.40. The van der Waals surface area contributed by atoms with Crippen LogP contribution >= 0.6 is 58.4 Å². The molecular formula is C9H8Cl4N2OS. The molecule has 1 aromatic rings. The van der Waals surface area contributed by atoms with Crippen molar-refractivity contribution in [3.63, 3.8) is 0 Å². The van der Waals surface area contributed by atoms with Gasteiger partial charge in [0, 0.05) is 29.7 Å². The Kier molecular flexibility index (Phi) is 5.54. The van der Waals surface area contributed by atoms with Gasteiger partial charge in [-0.05, 0) is 24.3 Å². The fourth-order valence-corrected chi connectivity index (χ4v) is 2.43. The lowest BCUT2D eigenvalue weighted by atomic mass is 10.3. The first-order chi connectivity index (χ1) is 7.78. The van der Waals surface area contributed by atoms with Crippen molar-refractivity contribution in [2.24, 2.45) is 0 Å². The van der Waals surface area contributed by atoms with E-state index < -0.39 is 9.16 Å². The van der Waals surface area contributed by atoms with Crippen molar-refractivity contribution in [2.45, 2.75) is 3.12 Å². The van der Waals surface area contributed by atoms with Crippen LogP contribution in [-0.4, -0.2) is 20.5 Å². The maximum atomic E-state index is 11.7. The van der Waals surface area contributed by atoms with Gasteiger partial charge < -0.3 is 5.32 Å². The average molecular weight is 334 g/mol. The molecule has 0 bridgehead atoms. The molecule has 0 aromatic heterocycles. The van der Waals surface area contributed by atoms with E-state index in [1.807, 2.05) is 0 Å². The molecule has 0 atom stereocenters. The third-order valence-corrected chi connectivity index (χ3v) is 3.14. The molecule has 0 aliphatic rings. The summed E-state index contributed by atoms with van der Waals surface area (Å²) in [5.41, 5.74) is 0.608. The normalized spacial score (nSPS) is 11.1. The van der Waals surface area contributed by atoms with Gasteiger partial charge >= 0.3 is 6.03 Å². The predicted octanol–water partition coefficient (Wildman–Crippen LogP) is 4.78. The van der Waals surface area contributed by atoms with Crippen LogP contribution in [0.15, 0.2) is 24.3 Å². The van der Waals surface area contributed by atoms with E-state index in [1.165, 1.54) is 11.4 Å². The van der Waals surface area contributed by atoms with E-state index >= 15 is 0 Å². The van der Waals surface area contributed by atoms with Crippen LogP contribution in [0.25, 0.3) is 0 Å². The number of hydrogen-bond acceptors (Lipinski definition) is 2. The Morgan fingerprint density at radius 2 is 1.82 bits per heavy atom. The highest BCUT2D eigenvalue weighted by molar-refractivity contribution is 8.03. The summed E-state index contributed by atoms with van der Waals surface area (Å²) in [5.74, 6) is 0. The molecule has 1 aromatic carbocycles. The number of nitrogens with one attached hydrogen (secondary N) is 1. The Morgan fingerprint density at radius 1 is 1.29 bits per heavy atom. The second-order valence-corrected chi connectivity index (χ2v) is 7.70. The quantitative estimate of drug-likeness (QED) is 0.624. The third kappa shape index (κ3) is 5.93. The monoisotopic (exact) mass is 332 g/mol. The first kappa shape index (κ1) is 15.1. The molecule has 0 saturated heterocycles. The van der Waals surface area contributed by atoms with E-state index in [0.29, 0.717) is 10.7 Å². The highest BCUT2D eigenvalue weighted by atomic mass is 35.6. The predicted molar refractivity (Wildman–Crippen MR) is 76.1 cm³/mol. The zero-order chi connectivity index (χ0) is 13.1. The topological polar surface area (TPSA) is 32.3 Å². The fraction of sp³-hybridized carbons (Fsp3) is 0.222. The molecule has 0 aliphatic carbocycles. The van der Waals surface area contributed by atoms with Crippen LogP contribution in [0.2, 0.25) is 5.02 Å². The summed E-state index contributed by atoms with van der Waals surface area (Å²) < 4.78 is -0.381. The van der Waals surface area contributed by atoms with E-state index in [-0.39, 0.29) is 0 Å². The van der Waals surface area contributed by atoms with Gasteiger partial charge in [-0.25, -0.2) is 4.79 Å². The van der Waals surface area contributed by atoms with E-state index in [0.717, 1.165) is 11.9 Å². The van der Waals surface area contributed by atoms with E-state index in [2.05, 4.69) is 5.32 Å². The molecule has 94 valence electrons. The lowest BCUT2D eigenvalue weighted by Crippen LogP contribution is -2.27. The number of hydrogen-bond donors (Lipinski definition) is 1. The Morgan fingerprint density at radius 3 is 2.29 bits per heavy atom. The van der Waals surface area contributed by atoms with Crippen molar-refractivity contribution in [3.05, 3.63) is 29.3 Å². The Labute approximate surface area is 123 Å². The minimum atomic E-state index is -1.58. The van der Waals surface area contributed by atoms with Crippen LogP contribution in [-0.2, 0) is 0 Å². The smallest absolute Gasteiger partial charge is 0.307 e. The Bertz CT molecular complexity index is 393. The Balaban J connectivity index is 2.57. The van der Waals surface area contributed by atoms with Gasteiger partial charge in [-0.3, -0.25) is 4.31 Å². The molecule has 0 aliphatic heterocycles. The van der Waals surface area contributed by atoms with Crippen LogP contribution < -0.4 is 5.32 Å². The molecule has 2 amide bonds. The first-order valence-electron chi connectivity index (χ1n) is 4.34. The molecule has 8 heteroatoms. The van der Waals surface area contributed by atoms with Gasteiger partial charge in [0.25, 0.3) is 3.12 Å². The van der Waals surface area contributed by atoms with E-state index in [9.17, 15) is 4.79 Å². The van der Waals surface area contributed by atoms with E-state index in [1.54, 1.807) is 24.3 Å². The number of alkyl halides is 3. The highest BCUT2D eigenvalue weighted by Gasteiger charge is 2.26. The molecule has 3 nitrogen and oxygen atoms in total. The molecule has 0 spiro atoms. The summed E-state index contributed by atoms with van der Waals surface area (Å²) >= 11 is 23.1. The number of rotatable bonds is 2. The maximum absolute atomic E-state index is 11.7. The number of carbonyl (C=O) groups is 1. The Hall–Kier alpha value is -0.000000000000000111. The minimum Gasteiger partial charge on any atom is -0.307 e. The zero-order valence-electron chi connectivity index (χ0n) is 8.58. The maximum Gasteiger partial charge on any atom is 0.331 e. The van der Waals surface area contributed by atoms with Gasteiger partial charge in [0.1, 0.15) is 0 Å². The summed E-state index contributed by atoms with van der Waals surface area (Å²) in [5, 5.41) is 3.21. The molecule has 0 heterocycles. The molecule has 0 radical (unpaired) electrons. The summed E-state index contributed by atoms with van der Waals surface area (Å²) in [6, 6.07) is 6.28. The summed E-state index contributed by atoms with van der Waals surface area (Å²) in [6.45, 7) is 0. The summed E-state index contributed by atoms with van der Waals surface area (Å²) in [6.07, 6.45) is 0. The SMILES string of the molecule is CN(SC(Cl)(Cl)Cl)C(=O)Nc1ccc(Cl)cc1. The van der Waals surface area contributed by atoms with Crippen molar-refractivity contribution >= 4 is 70.1 Å². The van der Waals surface area contributed by atoms with Crippen LogP contribution in [0.4, 0.5) is 10.5 Å². The molecule has 17 heavy (non-hydrogen) atoms. The van der Waals surface area contributed by atoms with Gasteiger partial charge in [-0.15, -0.1) is 0 Å². The lowest BCUT2D eigenvalue weighted by molar-refractivity contribution is 0.243. The molecule has 0 saturated carbocycles. The summed E-state index contributed by atoms with van der Waals surface area (Å²) in [7, 11) is 1.50. The third-order valence-electron chi connectivity index (χ3n) is 1.62. The fourth-order valence-electron chi connectivity index (χ4n) is 0.932. The second kappa shape index (κ2) is 6.25. The number of amides is 2. The van der Waals surface area contributed by atoms with E-state index in [4.69, 9.17) is 46.4 Å². The first-order valence-corrected chi connectivity index (χ1v) is 6.62. The molecule has 1 N–H and O–H groups in total. The standard InChI is InChI=1S/C9H8Cl4N2OS/c1-15(17-9(11,12)13)8(16)14-7-4-2-6(10)3-5-7/h2-5H,1H3,(H,14,16). The van der Waals surface area contributed by atoms with Gasteiger partial charge in [-0.1, -0.05) is 46.4 Å². The van der Waals surface area contributed by atoms with Crippen LogP contribution in [0, 0.1) is 0 Å². The molecular weight excluding hydrogens is 326 g/mol. The lowest BCUT2D eigenvalue weighted by Gasteiger charge is -2.20. The number of halogens is 4. The molecule has 0 unspecified atom stereocenters. The number of carbonyl (C=O) groups excluding carboxylic acids is 1. The number of anilines is 1. The van der Waals surface area contributed by atoms with Crippen LogP contribution in [0.5, 0.6) is 0 Å². The van der Waals surface area contributed by atoms with Crippen molar-refractivity contribution < 1.29 is 4.79 Å².